The molecule has 0 fully saturated rings. The Hall–Kier alpha value is -0.0831. The van der Waals surface area contributed by atoms with E-state index in [4.69, 9.17) is 4.43 Å². The largest absolute Gasteiger partial charge is 0.410 e. The molecule has 0 saturated carbocycles. The number of rotatable bonds is 2. The highest BCUT2D eigenvalue weighted by atomic mass is 28.4. The van der Waals surface area contributed by atoms with Crippen molar-refractivity contribution in [3.63, 3.8) is 0 Å². The van der Waals surface area contributed by atoms with E-state index < -0.39 is 8.32 Å². The fourth-order valence-electron chi connectivity index (χ4n) is 1.64. The molecule has 0 spiro atoms. The summed E-state index contributed by atoms with van der Waals surface area (Å²) >= 11 is 0. The average molecular weight is 239 g/mol. The zero-order valence-corrected chi connectivity index (χ0v) is 13.0. The molecule has 1 radical (unpaired) electrons. The second kappa shape index (κ2) is 4.30. The molecule has 0 N–H and O–H groups in total. The SMILES string of the molecule is CC1(C)CC[C]=C[C@H]1O[Si](C)(C)C(C)(C)C. The van der Waals surface area contributed by atoms with Crippen molar-refractivity contribution in [1.29, 1.82) is 0 Å². The molecule has 0 unspecified atom stereocenters. The van der Waals surface area contributed by atoms with Gasteiger partial charge in [0.2, 0.25) is 0 Å². The summed E-state index contributed by atoms with van der Waals surface area (Å²) in [6.45, 7) is 16.1. The van der Waals surface area contributed by atoms with Gasteiger partial charge in [-0.3, -0.25) is 0 Å². The Morgan fingerprint density at radius 2 is 1.88 bits per heavy atom. The molecule has 0 aromatic rings. The second-order valence-electron chi connectivity index (χ2n) is 7.16. The summed E-state index contributed by atoms with van der Waals surface area (Å²) in [4.78, 5) is 0. The second-order valence-corrected chi connectivity index (χ2v) is 11.9. The van der Waals surface area contributed by atoms with Gasteiger partial charge >= 0.3 is 0 Å². The van der Waals surface area contributed by atoms with E-state index in [9.17, 15) is 0 Å². The van der Waals surface area contributed by atoms with Gasteiger partial charge < -0.3 is 4.43 Å². The van der Waals surface area contributed by atoms with Crippen molar-refractivity contribution < 1.29 is 4.43 Å². The van der Waals surface area contributed by atoms with Crippen LogP contribution >= 0.6 is 0 Å². The van der Waals surface area contributed by atoms with Gasteiger partial charge in [-0.05, 0) is 42.5 Å². The Labute approximate surface area is 102 Å². The highest BCUT2D eigenvalue weighted by Gasteiger charge is 2.42. The van der Waals surface area contributed by atoms with Crippen LogP contribution in [-0.2, 0) is 4.43 Å². The van der Waals surface area contributed by atoms with Crippen LogP contribution in [0.2, 0.25) is 18.1 Å². The summed E-state index contributed by atoms with van der Waals surface area (Å²) in [6.07, 6.45) is 8.00. The van der Waals surface area contributed by atoms with Crippen LogP contribution in [0.4, 0.5) is 0 Å². The molecule has 16 heavy (non-hydrogen) atoms. The lowest BCUT2D eigenvalue weighted by molar-refractivity contribution is 0.0846. The predicted molar refractivity (Wildman–Crippen MR) is 72.9 cm³/mol. The fourth-order valence-corrected chi connectivity index (χ4v) is 3.02. The molecule has 93 valence electrons. The van der Waals surface area contributed by atoms with Crippen molar-refractivity contribution in [2.75, 3.05) is 0 Å². The van der Waals surface area contributed by atoms with Gasteiger partial charge in [0.25, 0.3) is 0 Å². The third-order valence-electron chi connectivity index (χ3n) is 4.18. The molecule has 1 nitrogen and oxygen atoms in total. The van der Waals surface area contributed by atoms with E-state index in [1.54, 1.807) is 0 Å². The Bertz CT molecular complexity index is 271. The number of hydrogen-bond acceptors (Lipinski definition) is 1. The van der Waals surface area contributed by atoms with Crippen molar-refractivity contribution in [3.05, 3.63) is 12.2 Å². The molecule has 0 heterocycles. The van der Waals surface area contributed by atoms with E-state index in [0.29, 0.717) is 0 Å². The van der Waals surface area contributed by atoms with E-state index in [1.165, 1.54) is 6.42 Å². The zero-order chi connectivity index (χ0) is 12.6. The predicted octanol–water partition coefficient (Wildman–Crippen LogP) is 4.56. The summed E-state index contributed by atoms with van der Waals surface area (Å²) in [5, 5.41) is 0.286. The van der Waals surface area contributed by atoms with E-state index in [-0.39, 0.29) is 16.6 Å². The molecule has 1 aliphatic carbocycles. The van der Waals surface area contributed by atoms with Crippen molar-refractivity contribution in [3.8, 4) is 0 Å². The molecule has 0 amide bonds. The van der Waals surface area contributed by atoms with Gasteiger partial charge in [0, 0.05) is 0 Å². The molecule has 0 aromatic heterocycles. The van der Waals surface area contributed by atoms with Gasteiger partial charge in [0.1, 0.15) is 0 Å². The lowest BCUT2D eigenvalue weighted by Gasteiger charge is -2.44. The fraction of sp³-hybridized carbons (Fsp3) is 0.857. The normalized spacial score (nSPS) is 25.8. The molecule has 0 aliphatic heterocycles. The van der Waals surface area contributed by atoms with Crippen LogP contribution in [0.5, 0.6) is 0 Å². The van der Waals surface area contributed by atoms with Crippen LogP contribution in [0.1, 0.15) is 47.5 Å². The Morgan fingerprint density at radius 3 is 2.31 bits per heavy atom. The van der Waals surface area contributed by atoms with Crippen molar-refractivity contribution in [2.24, 2.45) is 5.41 Å². The smallest absolute Gasteiger partial charge is 0.192 e. The molecule has 1 atom stereocenters. The van der Waals surface area contributed by atoms with Crippen LogP contribution in [0, 0.1) is 11.5 Å². The van der Waals surface area contributed by atoms with Gasteiger partial charge in [0.05, 0.1) is 6.10 Å². The maximum atomic E-state index is 6.48. The lowest BCUT2D eigenvalue weighted by atomic mass is 9.79. The third kappa shape index (κ3) is 2.98. The standard InChI is InChI=1S/C14H27OSi/c1-13(2,3)16(6,7)15-12-10-8-9-11-14(12,4)5/h10,12H,9,11H2,1-7H3/t12-/m1/s1. The van der Waals surface area contributed by atoms with Gasteiger partial charge in [-0.15, -0.1) is 0 Å². The lowest BCUT2D eigenvalue weighted by Crippen LogP contribution is -2.47. The molecule has 0 bridgehead atoms. The van der Waals surface area contributed by atoms with Crippen LogP contribution in [0.25, 0.3) is 0 Å². The third-order valence-corrected chi connectivity index (χ3v) is 8.64. The first-order valence-corrected chi connectivity index (χ1v) is 9.22. The minimum Gasteiger partial charge on any atom is -0.410 e. The van der Waals surface area contributed by atoms with Crippen molar-refractivity contribution in [2.45, 2.75) is 71.7 Å². The number of allylic oxidation sites excluding steroid dienone is 1. The van der Waals surface area contributed by atoms with Gasteiger partial charge in [-0.25, -0.2) is 0 Å². The highest BCUT2D eigenvalue weighted by molar-refractivity contribution is 6.74. The topological polar surface area (TPSA) is 9.23 Å². The molecule has 1 rings (SSSR count). The van der Waals surface area contributed by atoms with Gasteiger partial charge in [-0.2, -0.15) is 0 Å². The summed E-state index contributed by atoms with van der Waals surface area (Å²) in [5.41, 5.74) is 0.265. The first-order chi connectivity index (χ1) is 7.06. The Balaban J connectivity index is 2.80. The summed E-state index contributed by atoms with van der Waals surface area (Å²) < 4.78 is 6.48. The Morgan fingerprint density at radius 1 is 1.31 bits per heavy atom. The van der Waals surface area contributed by atoms with Crippen LogP contribution in [0.3, 0.4) is 0 Å². The molecule has 2 heteroatoms. The minimum atomic E-state index is -1.65. The van der Waals surface area contributed by atoms with Crippen LogP contribution < -0.4 is 0 Å². The van der Waals surface area contributed by atoms with Crippen molar-refractivity contribution in [1.82, 2.24) is 0 Å². The van der Waals surface area contributed by atoms with Crippen LogP contribution in [0.15, 0.2) is 6.08 Å². The molecule has 0 aromatic carbocycles. The highest BCUT2D eigenvalue weighted by Crippen LogP contribution is 2.42. The maximum Gasteiger partial charge on any atom is 0.192 e. The molecule has 1 aliphatic rings. The quantitative estimate of drug-likeness (QED) is 0.642. The molecular weight excluding hydrogens is 212 g/mol. The van der Waals surface area contributed by atoms with Gasteiger partial charge in [-0.1, -0.05) is 40.7 Å². The minimum absolute atomic E-state index is 0.252. The molecular formula is C14H27OSi. The van der Waals surface area contributed by atoms with Crippen LogP contribution in [-0.4, -0.2) is 14.4 Å². The Kier molecular flexibility index (Phi) is 3.76. The van der Waals surface area contributed by atoms with E-state index >= 15 is 0 Å². The molecule has 0 saturated heterocycles. The first kappa shape index (κ1) is 14.0. The summed E-state index contributed by atoms with van der Waals surface area (Å²) in [7, 11) is -1.65. The van der Waals surface area contributed by atoms with Gasteiger partial charge in [0.15, 0.2) is 8.32 Å². The number of hydrogen-bond donors (Lipinski definition) is 0. The first-order valence-electron chi connectivity index (χ1n) is 6.31. The summed E-state index contributed by atoms with van der Waals surface area (Å²) in [5.74, 6) is 0. The summed E-state index contributed by atoms with van der Waals surface area (Å²) in [6, 6.07) is 0. The van der Waals surface area contributed by atoms with Crippen molar-refractivity contribution >= 4 is 8.32 Å². The van der Waals surface area contributed by atoms with E-state index in [1.807, 2.05) is 0 Å². The van der Waals surface area contributed by atoms with E-state index in [0.717, 1.165) is 6.42 Å². The van der Waals surface area contributed by atoms with E-state index in [2.05, 4.69) is 59.9 Å². The monoisotopic (exact) mass is 239 g/mol. The maximum absolute atomic E-state index is 6.48. The average Bonchev–Trinajstić information content (AvgIpc) is 2.06. The zero-order valence-electron chi connectivity index (χ0n) is 12.0.